The van der Waals surface area contributed by atoms with Gasteiger partial charge in [-0.15, -0.1) is 0 Å². The first kappa shape index (κ1) is 22.8. The lowest BCUT2D eigenvalue weighted by Crippen LogP contribution is -2.46. The van der Waals surface area contributed by atoms with Gasteiger partial charge in [-0.3, -0.25) is 0 Å². The van der Waals surface area contributed by atoms with E-state index in [-0.39, 0.29) is 0 Å². The van der Waals surface area contributed by atoms with Gasteiger partial charge in [0.1, 0.15) is 0 Å². The summed E-state index contributed by atoms with van der Waals surface area (Å²) in [5.74, 6) is 0. The monoisotopic (exact) mass is 326 g/mol. The van der Waals surface area contributed by atoms with Gasteiger partial charge in [-0.05, 0) is 33.6 Å². The van der Waals surface area contributed by atoms with Crippen LogP contribution in [0.25, 0.3) is 0 Å². The second kappa shape index (κ2) is 17.6. The molecule has 0 unspecified atom stereocenters. The molecule has 0 aromatic carbocycles. The van der Waals surface area contributed by atoms with Crippen LogP contribution >= 0.6 is 0 Å². The van der Waals surface area contributed by atoms with Gasteiger partial charge in [-0.25, -0.2) is 0 Å². The van der Waals surface area contributed by atoms with Crippen molar-refractivity contribution < 1.29 is 25.7 Å². The summed E-state index contributed by atoms with van der Waals surface area (Å²) in [5, 5.41) is 0. The van der Waals surface area contributed by atoms with E-state index in [2.05, 4.69) is 13.8 Å². The molecule has 0 spiro atoms. The highest BCUT2D eigenvalue weighted by Crippen LogP contribution is 2.04. The van der Waals surface area contributed by atoms with Crippen molar-refractivity contribution in [3.05, 3.63) is 0 Å². The molecule has 8 heteroatoms. The van der Waals surface area contributed by atoms with Crippen molar-refractivity contribution in [2.75, 3.05) is 33.0 Å². The summed E-state index contributed by atoms with van der Waals surface area (Å²) >= 11 is -0.611. The second-order valence-electron chi connectivity index (χ2n) is 3.76. The third kappa shape index (κ3) is 16.6. The minimum Gasteiger partial charge on any atom is -0.481 e. The van der Waals surface area contributed by atoms with Gasteiger partial charge in [0.05, 0.1) is 0 Å². The summed E-state index contributed by atoms with van der Waals surface area (Å²) in [4.78, 5) is 9.48. The second-order valence-corrected chi connectivity index (χ2v) is 6.72. The first-order valence-corrected chi connectivity index (χ1v) is 10.2. The van der Waals surface area contributed by atoms with Gasteiger partial charge in [-0.1, -0.05) is 13.8 Å². The minimum atomic E-state index is -3.25. The zero-order valence-electron chi connectivity index (χ0n) is 13.6. The number of hydrogen-bond donors (Lipinski definition) is 1. The molecule has 122 valence electrons. The molecule has 6 nitrogen and oxygen atoms in total. The molecule has 0 radical (unpaired) electrons. The molecule has 0 aromatic heterocycles. The summed E-state index contributed by atoms with van der Waals surface area (Å²) in [6.07, 6.45) is 2.20. The zero-order chi connectivity index (χ0) is 15.7. The van der Waals surface area contributed by atoms with Crippen molar-refractivity contribution in [3.63, 3.8) is 0 Å². The molecule has 0 saturated heterocycles. The highest BCUT2D eigenvalue weighted by atomic mass is 28.4. The highest BCUT2D eigenvalue weighted by Gasteiger charge is 2.39. The number of hydrogen-bond acceptors (Lipinski definition) is 6. The lowest BCUT2D eigenvalue weighted by atomic mass is 10.5. The summed E-state index contributed by atoms with van der Waals surface area (Å²) in [6.45, 7) is 12.5. The Morgan fingerprint density at radius 2 is 1.10 bits per heavy atom. The molecule has 0 rings (SSSR count). The smallest absolute Gasteiger partial charge is 0.481 e. The predicted molar refractivity (Wildman–Crippen MR) is 82.5 cm³/mol. The first-order valence-electron chi connectivity index (χ1n) is 7.39. The van der Waals surface area contributed by atoms with E-state index in [1.807, 2.05) is 0 Å². The van der Waals surface area contributed by atoms with E-state index in [4.69, 9.17) is 20.9 Å². The average Bonchev–Trinajstić information content (AvgIpc) is 2.40. The molecule has 0 aliphatic rings. The van der Waals surface area contributed by atoms with Crippen LogP contribution in [0.2, 0.25) is 0 Å². The van der Waals surface area contributed by atoms with Gasteiger partial charge >= 0.3 is 24.9 Å². The molecule has 0 fully saturated rings. The Morgan fingerprint density at radius 1 is 0.750 bits per heavy atom. The van der Waals surface area contributed by atoms with Crippen LogP contribution in [0.1, 0.15) is 47.5 Å². The maximum absolute atomic E-state index is 9.48. The lowest BCUT2D eigenvalue weighted by molar-refractivity contribution is 0.00146. The Labute approximate surface area is 131 Å². The van der Waals surface area contributed by atoms with Gasteiger partial charge in [0.15, 0.2) is 0 Å². The predicted octanol–water partition coefficient (Wildman–Crippen LogP) is 1.63. The van der Waals surface area contributed by atoms with Crippen molar-refractivity contribution in [1.29, 1.82) is 0 Å². The Balaban J connectivity index is 0. The maximum atomic E-state index is 9.48. The van der Waals surface area contributed by atoms with Crippen LogP contribution in [-0.2, 0) is 20.9 Å². The number of rotatable bonds is 12. The minimum absolute atomic E-state index is 0.405. The molecule has 1 N–H and O–H groups in total. The highest BCUT2D eigenvalue weighted by molar-refractivity contribution is 6.51. The van der Waals surface area contributed by atoms with E-state index < -0.39 is 24.9 Å². The SMILES string of the molecule is CCC[O][AlH][O]CCC.CCO[Si](O)(OCC)OCC. The van der Waals surface area contributed by atoms with E-state index in [1.165, 1.54) is 0 Å². The fraction of sp³-hybridized carbons (Fsp3) is 1.00. The van der Waals surface area contributed by atoms with Gasteiger partial charge < -0.3 is 25.7 Å². The average molecular weight is 326 g/mol. The molecular weight excluding hydrogens is 295 g/mol. The standard InChI is InChI=1S/C6H16O4Si.2C3H7O.Al.H/c1-4-8-11(7,9-5-2)10-6-3;2*1-2-3-4;;/h7H,4-6H2,1-3H3;2*2-3H2,1H3;;/q;2*-1;+2;. The van der Waals surface area contributed by atoms with Crippen LogP contribution in [0, 0.1) is 0 Å². The molecule has 0 atom stereocenters. The first-order chi connectivity index (χ1) is 9.60. The van der Waals surface area contributed by atoms with E-state index in [0.717, 1.165) is 26.1 Å². The van der Waals surface area contributed by atoms with Gasteiger partial charge in [-0.2, -0.15) is 0 Å². The van der Waals surface area contributed by atoms with E-state index in [9.17, 15) is 4.80 Å². The van der Waals surface area contributed by atoms with E-state index in [0.29, 0.717) is 19.8 Å². The van der Waals surface area contributed by atoms with Gasteiger partial charge in [0.2, 0.25) is 0 Å². The van der Waals surface area contributed by atoms with Crippen molar-refractivity contribution in [2.45, 2.75) is 47.5 Å². The molecule has 0 aromatic rings. The quantitative estimate of drug-likeness (QED) is 0.434. The molecule has 0 amide bonds. The summed E-state index contributed by atoms with van der Waals surface area (Å²) < 4.78 is 25.3. The lowest BCUT2D eigenvalue weighted by Gasteiger charge is -2.20. The van der Waals surface area contributed by atoms with Crippen LogP contribution in [0.4, 0.5) is 0 Å². The van der Waals surface area contributed by atoms with E-state index >= 15 is 0 Å². The Kier molecular flexibility index (Phi) is 20.0. The molecule has 0 aliphatic carbocycles. The van der Waals surface area contributed by atoms with Gasteiger partial charge in [0.25, 0.3) is 0 Å². The fourth-order valence-electron chi connectivity index (χ4n) is 1.14. The molecule has 0 bridgehead atoms. The maximum Gasteiger partial charge on any atom is 0.676 e. The van der Waals surface area contributed by atoms with Crippen LogP contribution in [0.3, 0.4) is 0 Å². The van der Waals surface area contributed by atoms with Crippen molar-refractivity contribution in [2.24, 2.45) is 0 Å². The normalized spacial score (nSPS) is 10.9. The Hall–Kier alpha value is 0.509. The fourth-order valence-corrected chi connectivity index (χ4v) is 3.41. The Morgan fingerprint density at radius 3 is 1.35 bits per heavy atom. The van der Waals surface area contributed by atoms with Gasteiger partial charge in [0, 0.05) is 33.0 Å². The Bertz CT molecular complexity index is 164. The zero-order valence-corrected chi connectivity index (χ0v) is 16.1. The van der Waals surface area contributed by atoms with Crippen LogP contribution < -0.4 is 0 Å². The summed E-state index contributed by atoms with van der Waals surface area (Å²) in [7, 11) is -3.25. The van der Waals surface area contributed by atoms with Crippen LogP contribution in [-0.4, -0.2) is 62.8 Å². The van der Waals surface area contributed by atoms with Crippen LogP contribution in [0.5, 0.6) is 0 Å². The molecule has 20 heavy (non-hydrogen) atoms. The molecule has 0 heterocycles. The molecule has 0 aliphatic heterocycles. The van der Waals surface area contributed by atoms with Crippen molar-refractivity contribution >= 4 is 24.9 Å². The topological polar surface area (TPSA) is 66.4 Å². The van der Waals surface area contributed by atoms with E-state index in [1.54, 1.807) is 20.8 Å². The molecular formula is C12H31AlO6Si. The van der Waals surface area contributed by atoms with Crippen molar-refractivity contribution in [1.82, 2.24) is 0 Å². The largest absolute Gasteiger partial charge is 0.676 e. The summed E-state index contributed by atoms with van der Waals surface area (Å²) in [6, 6.07) is 0. The third-order valence-corrected chi connectivity index (χ3v) is 4.71. The van der Waals surface area contributed by atoms with Crippen molar-refractivity contribution in [3.8, 4) is 0 Å². The van der Waals surface area contributed by atoms with Crippen LogP contribution in [0.15, 0.2) is 0 Å². The third-order valence-electron chi connectivity index (χ3n) is 1.84. The molecule has 0 saturated carbocycles. The summed E-state index contributed by atoms with van der Waals surface area (Å²) in [5.41, 5.74) is 0.